The summed E-state index contributed by atoms with van der Waals surface area (Å²) in [6.45, 7) is 0.338. The predicted octanol–water partition coefficient (Wildman–Crippen LogP) is 3.18. The SMILES string of the molecule is O=C(NCC#Cc1ccc2c(c1)C=C1C(=O)CCCC1(O)O2)OCc1ccccc1. The van der Waals surface area contributed by atoms with Crippen LogP contribution in [0.5, 0.6) is 5.75 Å². The number of carbonyl (C=O) groups excluding carboxylic acids is 2. The number of nitrogens with one attached hydrogen (secondary N) is 1. The summed E-state index contributed by atoms with van der Waals surface area (Å²) in [6.07, 6.45) is 2.57. The molecule has 0 radical (unpaired) electrons. The van der Waals surface area contributed by atoms with Gasteiger partial charge in [0.2, 0.25) is 5.79 Å². The van der Waals surface area contributed by atoms with Gasteiger partial charge < -0.3 is 19.9 Å². The highest BCUT2D eigenvalue weighted by atomic mass is 16.6. The minimum atomic E-state index is -1.53. The zero-order chi connectivity index (χ0) is 21.0. The lowest BCUT2D eigenvalue weighted by Gasteiger charge is -2.37. The van der Waals surface area contributed by atoms with Crippen LogP contribution < -0.4 is 10.1 Å². The van der Waals surface area contributed by atoms with E-state index >= 15 is 0 Å². The minimum Gasteiger partial charge on any atom is -0.457 e. The van der Waals surface area contributed by atoms with Crippen LogP contribution in [0.25, 0.3) is 6.08 Å². The van der Waals surface area contributed by atoms with E-state index in [1.807, 2.05) is 30.3 Å². The molecular weight excluding hydrogens is 382 g/mol. The van der Waals surface area contributed by atoms with Crippen molar-refractivity contribution >= 4 is 18.0 Å². The maximum atomic E-state index is 12.2. The Morgan fingerprint density at radius 3 is 2.90 bits per heavy atom. The zero-order valence-electron chi connectivity index (χ0n) is 16.3. The molecule has 152 valence electrons. The van der Waals surface area contributed by atoms with Crippen LogP contribution in [-0.2, 0) is 16.1 Å². The van der Waals surface area contributed by atoms with Crippen LogP contribution in [0, 0.1) is 11.8 Å². The lowest BCUT2D eigenvalue weighted by Crippen LogP contribution is -2.45. The molecule has 1 aliphatic carbocycles. The molecule has 1 aliphatic heterocycles. The second kappa shape index (κ2) is 8.44. The lowest BCUT2D eigenvalue weighted by atomic mass is 9.84. The van der Waals surface area contributed by atoms with Crippen LogP contribution in [0.15, 0.2) is 54.1 Å². The van der Waals surface area contributed by atoms with E-state index in [2.05, 4.69) is 17.2 Å². The summed E-state index contributed by atoms with van der Waals surface area (Å²) in [5, 5.41) is 13.2. The first-order valence-corrected chi connectivity index (χ1v) is 9.78. The first-order valence-electron chi connectivity index (χ1n) is 9.78. The maximum Gasteiger partial charge on any atom is 0.408 e. The van der Waals surface area contributed by atoms with Crippen LogP contribution in [-0.4, -0.2) is 29.3 Å². The number of benzene rings is 2. The summed E-state index contributed by atoms with van der Waals surface area (Å²) in [5.41, 5.74) is 2.62. The van der Waals surface area contributed by atoms with Crippen molar-refractivity contribution in [3.05, 3.63) is 70.8 Å². The van der Waals surface area contributed by atoms with Gasteiger partial charge in [-0.3, -0.25) is 4.79 Å². The molecule has 30 heavy (non-hydrogen) atoms. The first kappa shape index (κ1) is 19.7. The molecule has 1 fully saturated rings. The number of aliphatic hydroxyl groups is 1. The summed E-state index contributed by atoms with van der Waals surface area (Å²) in [7, 11) is 0. The van der Waals surface area contributed by atoms with Crippen LogP contribution >= 0.6 is 0 Å². The van der Waals surface area contributed by atoms with Crippen LogP contribution in [0.1, 0.15) is 36.0 Å². The van der Waals surface area contributed by atoms with Gasteiger partial charge in [0.05, 0.1) is 12.1 Å². The summed E-state index contributed by atoms with van der Waals surface area (Å²) < 4.78 is 10.8. The zero-order valence-corrected chi connectivity index (χ0v) is 16.3. The number of fused-ring (bicyclic) bond motifs is 2. The fraction of sp³-hybridized carbons (Fsp3) is 0.250. The first-order chi connectivity index (χ1) is 14.5. The summed E-state index contributed by atoms with van der Waals surface area (Å²) in [5.74, 6) is 4.73. The number of amides is 1. The van der Waals surface area contributed by atoms with Crippen molar-refractivity contribution in [1.82, 2.24) is 5.32 Å². The van der Waals surface area contributed by atoms with Gasteiger partial charge in [-0.25, -0.2) is 4.79 Å². The third-order valence-corrected chi connectivity index (χ3v) is 5.00. The van der Waals surface area contributed by atoms with Crippen LogP contribution in [0.3, 0.4) is 0 Å². The molecule has 6 heteroatoms. The van der Waals surface area contributed by atoms with Crippen LogP contribution in [0.2, 0.25) is 0 Å². The average molecular weight is 403 g/mol. The Labute approximate surface area is 174 Å². The van der Waals surface area contributed by atoms with E-state index in [0.29, 0.717) is 41.7 Å². The van der Waals surface area contributed by atoms with Gasteiger partial charge in [-0.15, -0.1) is 0 Å². The Hall–Kier alpha value is -3.56. The summed E-state index contributed by atoms with van der Waals surface area (Å²) in [6, 6.07) is 14.7. The second-order valence-electron chi connectivity index (χ2n) is 7.19. The Morgan fingerprint density at radius 1 is 1.23 bits per heavy atom. The Kier molecular flexibility index (Phi) is 5.55. The molecule has 0 saturated heterocycles. The van der Waals surface area contributed by atoms with E-state index in [4.69, 9.17) is 9.47 Å². The highest BCUT2D eigenvalue weighted by Crippen LogP contribution is 2.40. The number of rotatable bonds is 3. The molecule has 0 spiro atoms. The summed E-state index contributed by atoms with van der Waals surface area (Å²) in [4.78, 5) is 23.9. The van der Waals surface area contributed by atoms with Gasteiger partial charge in [0.15, 0.2) is 5.78 Å². The monoisotopic (exact) mass is 403 g/mol. The van der Waals surface area contributed by atoms with Gasteiger partial charge in [0.25, 0.3) is 0 Å². The highest BCUT2D eigenvalue weighted by molar-refractivity contribution is 6.02. The van der Waals surface area contributed by atoms with Gasteiger partial charge in [0.1, 0.15) is 12.4 Å². The molecule has 1 atom stereocenters. The van der Waals surface area contributed by atoms with Crippen molar-refractivity contribution in [3.8, 4) is 17.6 Å². The molecule has 2 aromatic carbocycles. The molecule has 2 aliphatic rings. The fourth-order valence-corrected chi connectivity index (χ4v) is 3.48. The van der Waals surface area contributed by atoms with Gasteiger partial charge in [-0.05, 0) is 36.3 Å². The molecule has 1 unspecified atom stereocenters. The maximum absolute atomic E-state index is 12.2. The number of alkyl carbamates (subject to hydrolysis) is 1. The van der Waals surface area contributed by atoms with Crippen molar-refractivity contribution in [2.45, 2.75) is 31.7 Å². The standard InChI is InChI=1S/C24H21NO5/c26-21-9-4-12-24(28)20(21)15-19-14-17(10-11-22(19)30-24)8-5-13-25-23(27)29-16-18-6-2-1-3-7-18/h1-3,6-7,10-11,14-15,28H,4,9,12-13,16H2,(H,25,27). The van der Waals surface area contributed by atoms with Gasteiger partial charge in [0, 0.05) is 24.0 Å². The fourth-order valence-electron chi connectivity index (χ4n) is 3.48. The van der Waals surface area contributed by atoms with Gasteiger partial charge in [-0.2, -0.15) is 0 Å². The van der Waals surface area contributed by atoms with Crippen molar-refractivity contribution in [3.63, 3.8) is 0 Å². The molecule has 1 heterocycles. The second-order valence-corrected chi connectivity index (χ2v) is 7.19. The van der Waals surface area contributed by atoms with E-state index in [9.17, 15) is 14.7 Å². The van der Waals surface area contributed by atoms with Crippen molar-refractivity contribution < 1.29 is 24.2 Å². The molecule has 2 N–H and O–H groups in total. The summed E-state index contributed by atoms with van der Waals surface area (Å²) >= 11 is 0. The number of hydrogen-bond acceptors (Lipinski definition) is 5. The number of Topliss-reactive ketones (excluding diaryl/α,β-unsaturated/α-hetero) is 1. The van der Waals surface area contributed by atoms with E-state index in [1.54, 1.807) is 24.3 Å². The molecule has 0 bridgehead atoms. The number of carbonyl (C=O) groups is 2. The van der Waals surface area contributed by atoms with Crippen molar-refractivity contribution in [1.29, 1.82) is 0 Å². The number of ether oxygens (including phenoxy) is 2. The van der Waals surface area contributed by atoms with Crippen LogP contribution in [0.4, 0.5) is 4.79 Å². The smallest absolute Gasteiger partial charge is 0.408 e. The van der Waals surface area contributed by atoms with E-state index < -0.39 is 11.9 Å². The molecule has 1 saturated carbocycles. The molecular formula is C24H21NO5. The quantitative estimate of drug-likeness (QED) is 0.769. The Balaban J connectivity index is 1.35. The Morgan fingerprint density at radius 2 is 2.07 bits per heavy atom. The van der Waals surface area contributed by atoms with Crippen molar-refractivity contribution in [2.75, 3.05) is 6.54 Å². The van der Waals surface area contributed by atoms with E-state index in [1.165, 1.54) is 0 Å². The molecule has 1 amide bonds. The molecule has 6 nitrogen and oxygen atoms in total. The topological polar surface area (TPSA) is 84.9 Å². The molecule has 4 rings (SSSR count). The number of hydrogen-bond donors (Lipinski definition) is 2. The number of ketones is 1. The lowest BCUT2D eigenvalue weighted by molar-refractivity contribution is -0.142. The van der Waals surface area contributed by atoms with Gasteiger partial charge in [-0.1, -0.05) is 42.2 Å². The third kappa shape index (κ3) is 4.37. The normalized spacial score (nSPS) is 19.2. The molecule has 2 aromatic rings. The average Bonchev–Trinajstić information content (AvgIpc) is 2.75. The third-order valence-electron chi connectivity index (χ3n) is 5.00. The highest BCUT2D eigenvalue weighted by Gasteiger charge is 2.43. The van der Waals surface area contributed by atoms with E-state index in [0.717, 1.165) is 5.56 Å². The van der Waals surface area contributed by atoms with Gasteiger partial charge >= 0.3 is 6.09 Å². The molecule has 0 aromatic heterocycles. The Bertz CT molecular complexity index is 1060. The predicted molar refractivity (Wildman–Crippen MR) is 110 cm³/mol. The van der Waals surface area contributed by atoms with E-state index in [-0.39, 0.29) is 18.9 Å². The largest absolute Gasteiger partial charge is 0.457 e. The minimum absolute atomic E-state index is 0.0934. The van der Waals surface area contributed by atoms with Crippen molar-refractivity contribution in [2.24, 2.45) is 0 Å².